The van der Waals surface area contributed by atoms with Gasteiger partial charge < -0.3 is 0 Å². The summed E-state index contributed by atoms with van der Waals surface area (Å²) in [5.41, 5.74) is 0. The molecule has 0 spiro atoms. The van der Waals surface area contributed by atoms with Crippen molar-refractivity contribution in [2.24, 2.45) is 17.8 Å². The molecule has 0 nitrogen and oxygen atoms in total. The first-order valence-corrected chi connectivity index (χ1v) is 7.40. The quantitative estimate of drug-likeness (QED) is 0.636. The summed E-state index contributed by atoms with van der Waals surface area (Å²) in [6, 6.07) is 0. The van der Waals surface area contributed by atoms with E-state index in [0.717, 1.165) is 17.8 Å². The van der Waals surface area contributed by atoms with Crippen molar-refractivity contribution in [1.82, 2.24) is 0 Å². The lowest BCUT2D eigenvalue weighted by molar-refractivity contribution is 0.267. The molecule has 86 valence electrons. The summed E-state index contributed by atoms with van der Waals surface area (Å²) in [5.74, 6) is 5.73. The fourth-order valence-corrected chi connectivity index (χ4v) is 3.53. The average molecular weight is 216 g/mol. The lowest BCUT2D eigenvalue weighted by Crippen LogP contribution is -2.26. The first kappa shape index (κ1) is 14.3. The summed E-state index contributed by atoms with van der Waals surface area (Å²) in [4.78, 5) is 0. The lowest BCUT2D eigenvalue weighted by atomic mass is 9.82. The Labute approximate surface area is 95.2 Å². The Morgan fingerprint density at radius 3 is 2.29 bits per heavy atom. The molecule has 0 N–H and O–H groups in total. The van der Waals surface area contributed by atoms with Gasteiger partial charge >= 0.3 is 0 Å². The van der Waals surface area contributed by atoms with Gasteiger partial charge in [0.15, 0.2) is 0 Å². The molecule has 0 amide bonds. The highest BCUT2D eigenvalue weighted by molar-refractivity contribution is 7.99. The Morgan fingerprint density at radius 2 is 1.86 bits per heavy atom. The van der Waals surface area contributed by atoms with Gasteiger partial charge in [0.25, 0.3) is 0 Å². The molecule has 1 fully saturated rings. The van der Waals surface area contributed by atoms with Gasteiger partial charge in [-0.3, -0.25) is 0 Å². The van der Waals surface area contributed by atoms with Gasteiger partial charge in [-0.05, 0) is 35.7 Å². The van der Waals surface area contributed by atoms with Gasteiger partial charge in [0, 0.05) is 0 Å². The molecule has 0 bridgehead atoms. The molecule has 0 saturated carbocycles. The third kappa shape index (κ3) is 5.29. The van der Waals surface area contributed by atoms with E-state index in [-0.39, 0.29) is 0 Å². The van der Waals surface area contributed by atoms with Crippen molar-refractivity contribution in [3.8, 4) is 0 Å². The molecule has 1 heteroatoms. The maximum Gasteiger partial charge on any atom is -0.00340 e. The Morgan fingerprint density at radius 1 is 1.29 bits per heavy atom. The molecule has 1 aliphatic heterocycles. The third-order valence-electron chi connectivity index (χ3n) is 3.13. The first-order chi connectivity index (χ1) is 6.67. The number of hydrogen-bond donors (Lipinski definition) is 0. The van der Waals surface area contributed by atoms with Crippen LogP contribution in [0.3, 0.4) is 0 Å². The lowest BCUT2D eigenvalue weighted by Gasteiger charge is -2.32. The van der Waals surface area contributed by atoms with Gasteiger partial charge in [-0.2, -0.15) is 11.8 Å². The molecule has 14 heavy (non-hydrogen) atoms. The van der Waals surface area contributed by atoms with E-state index < -0.39 is 0 Å². The predicted octanol–water partition coefficient (Wildman–Crippen LogP) is 4.84. The molecular weight excluding hydrogens is 188 g/mol. The summed E-state index contributed by atoms with van der Waals surface area (Å²) >= 11 is 2.15. The summed E-state index contributed by atoms with van der Waals surface area (Å²) in [6.45, 7) is 11.4. The van der Waals surface area contributed by atoms with Crippen LogP contribution in [-0.2, 0) is 0 Å². The maximum atomic E-state index is 2.43. The van der Waals surface area contributed by atoms with Crippen LogP contribution in [0.1, 0.15) is 53.9 Å². The monoisotopic (exact) mass is 216 g/mol. The minimum atomic E-state index is 0.942. The second-order valence-electron chi connectivity index (χ2n) is 4.60. The van der Waals surface area contributed by atoms with Gasteiger partial charge in [-0.15, -0.1) is 0 Å². The van der Waals surface area contributed by atoms with Crippen molar-refractivity contribution < 1.29 is 0 Å². The van der Waals surface area contributed by atoms with E-state index in [2.05, 4.69) is 46.4 Å². The van der Waals surface area contributed by atoms with Crippen molar-refractivity contribution in [2.75, 3.05) is 11.5 Å². The minimum absolute atomic E-state index is 0.942. The standard InChI is InChI=1S/C10H20S.C3H8/c1-4-8(2)10-7-11-6-5-9(10)3;1-3-2/h8-10H,4-7H2,1-3H3;3H2,1-2H3. The fourth-order valence-electron chi connectivity index (χ4n) is 1.89. The van der Waals surface area contributed by atoms with Crippen LogP contribution >= 0.6 is 11.8 Å². The Bertz CT molecular complexity index is 118. The van der Waals surface area contributed by atoms with Gasteiger partial charge in [-0.1, -0.05) is 47.5 Å². The zero-order chi connectivity index (χ0) is 11.0. The van der Waals surface area contributed by atoms with Crippen LogP contribution in [0.5, 0.6) is 0 Å². The Balaban J connectivity index is 0.000000500. The molecule has 0 aromatic rings. The number of rotatable bonds is 2. The summed E-state index contributed by atoms with van der Waals surface area (Å²) in [5, 5.41) is 0. The molecule has 3 unspecified atom stereocenters. The SMILES string of the molecule is CCC.CCC(C)C1CSCCC1C. The molecule has 0 radical (unpaired) electrons. The molecule has 0 aromatic heterocycles. The van der Waals surface area contributed by atoms with Gasteiger partial charge in [0.1, 0.15) is 0 Å². The van der Waals surface area contributed by atoms with E-state index in [0.29, 0.717) is 0 Å². The van der Waals surface area contributed by atoms with E-state index in [1.54, 1.807) is 0 Å². The smallest absolute Gasteiger partial charge is 0.00340 e. The zero-order valence-corrected chi connectivity index (χ0v) is 11.5. The second kappa shape index (κ2) is 8.64. The maximum absolute atomic E-state index is 2.43. The van der Waals surface area contributed by atoms with E-state index in [1.807, 2.05) is 0 Å². The van der Waals surface area contributed by atoms with Crippen LogP contribution in [0.25, 0.3) is 0 Å². The highest BCUT2D eigenvalue weighted by Crippen LogP contribution is 2.34. The predicted molar refractivity (Wildman–Crippen MR) is 70.0 cm³/mol. The molecule has 1 saturated heterocycles. The van der Waals surface area contributed by atoms with Crippen molar-refractivity contribution in [1.29, 1.82) is 0 Å². The van der Waals surface area contributed by atoms with E-state index in [9.17, 15) is 0 Å². The molecule has 1 heterocycles. The fraction of sp³-hybridized carbons (Fsp3) is 1.00. The Hall–Kier alpha value is 0.350. The van der Waals surface area contributed by atoms with E-state index >= 15 is 0 Å². The molecule has 0 aromatic carbocycles. The van der Waals surface area contributed by atoms with Crippen LogP contribution in [-0.4, -0.2) is 11.5 Å². The van der Waals surface area contributed by atoms with Gasteiger partial charge in [-0.25, -0.2) is 0 Å². The minimum Gasteiger partial charge on any atom is -0.162 e. The topological polar surface area (TPSA) is 0 Å². The van der Waals surface area contributed by atoms with Crippen molar-refractivity contribution in [3.63, 3.8) is 0 Å². The largest absolute Gasteiger partial charge is 0.162 e. The molecule has 3 atom stereocenters. The van der Waals surface area contributed by atoms with Crippen molar-refractivity contribution in [3.05, 3.63) is 0 Å². The van der Waals surface area contributed by atoms with Gasteiger partial charge in [0.05, 0.1) is 0 Å². The van der Waals surface area contributed by atoms with E-state index in [1.165, 1.54) is 30.8 Å². The molecular formula is C13H28S. The van der Waals surface area contributed by atoms with Crippen LogP contribution in [0, 0.1) is 17.8 Å². The number of hydrogen-bond acceptors (Lipinski definition) is 1. The summed E-state index contributed by atoms with van der Waals surface area (Å²) in [7, 11) is 0. The van der Waals surface area contributed by atoms with Crippen molar-refractivity contribution >= 4 is 11.8 Å². The second-order valence-corrected chi connectivity index (χ2v) is 5.75. The summed E-state index contributed by atoms with van der Waals surface area (Å²) < 4.78 is 0. The highest BCUT2D eigenvalue weighted by Gasteiger charge is 2.25. The molecule has 1 rings (SSSR count). The highest BCUT2D eigenvalue weighted by atomic mass is 32.2. The van der Waals surface area contributed by atoms with Crippen LogP contribution in [0.15, 0.2) is 0 Å². The summed E-state index contributed by atoms with van der Waals surface area (Å²) in [6.07, 6.45) is 4.05. The third-order valence-corrected chi connectivity index (χ3v) is 4.28. The van der Waals surface area contributed by atoms with Crippen LogP contribution < -0.4 is 0 Å². The van der Waals surface area contributed by atoms with E-state index in [4.69, 9.17) is 0 Å². The van der Waals surface area contributed by atoms with Crippen molar-refractivity contribution in [2.45, 2.75) is 53.9 Å². The Kier molecular flexibility index (Phi) is 8.86. The normalized spacial score (nSPS) is 28.9. The molecule has 1 aliphatic rings. The van der Waals surface area contributed by atoms with Crippen LogP contribution in [0.2, 0.25) is 0 Å². The average Bonchev–Trinajstić information content (AvgIpc) is 2.19. The molecule has 0 aliphatic carbocycles. The zero-order valence-electron chi connectivity index (χ0n) is 10.7. The van der Waals surface area contributed by atoms with Gasteiger partial charge in [0.2, 0.25) is 0 Å². The van der Waals surface area contributed by atoms with Crippen LogP contribution in [0.4, 0.5) is 0 Å². The first-order valence-electron chi connectivity index (χ1n) is 6.24. The number of thioether (sulfide) groups is 1.